The quantitative estimate of drug-likeness (QED) is 0.272. The molecule has 0 saturated carbocycles. The molecule has 0 rings (SSSR count). The first-order valence-corrected chi connectivity index (χ1v) is 4.39. The average Bonchev–Trinajstić information content (AvgIpc) is 2.27. The lowest BCUT2D eigenvalue weighted by Gasteiger charge is -2.22. The van der Waals surface area contributed by atoms with Crippen LogP contribution in [0.15, 0.2) is 0 Å². The Morgan fingerprint density at radius 1 is 1.13 bits per heavy atom. The SMILES string of the molecule is O=C[C@H](OCC(O)CO)[C@@H](O)[C@H](O)CO. The maximum atomic E-state index is 10.4. The smallest absolute Gasteiger partial charge is 0.151 e. The number of aliphatic hydroxyl groups excluding tert-OH is 5. The number of ether oxygens (including phenoxy) is 1. The third-order valence-corrected chi connectivity index (χ3v) is 1.74. The molecule has 0 fully saturated rings. The zero-order valence-corrected chi connectivity index (χ0v) is 8.06. The van der Waals surface area contributed by atoms with Crippen LogP contribution in [-0.4, -0.2) is 76.1 Å². The fraction of sp³-hybridized carbons (Fsp3) is 0.875. The molecule has 0 heterocycles. The Hall–Kier alpha value is -0.570. The van der Waals surface area contributed by atoms with Crippen LogP contribution in [0.4, 0.5) is 0 Å². The molecule has 0 aliphatic heterocycles. The zero-order valence-electron chi connectivity index (χ0n) is 8.06. The highest BCUT2D eigenvalue weighted by Gasteiger charge is 2.26. The van der Waals surface area contributed by atoms with Crippen molar-refractivity contribution in [3.63, 3.8) is 0 Å². The van der Waals surface area contributed by atoms with Gasteiger partial charge in [0.2, 0.25) is 0 Å². The van der Waals surface area contributed by atoms with E-state index in [2.05, 4.69) is 0 Å². The molecule has 0 aromatic carbocycles. The van der Waals surface area contributed by atoms with Crippen LogP contribution in [0.2, 0.25) is 0 Å². The van der Waals surface area contributed by atoms with Crippen molar-refractivity contribution in [1.82, 2.24) is 0 Å². The summed E-state index contributed by atoms with van der Waals surface area (Å²) in [6.07, 6.45) is -5.34. The number of aliphatic hydroxyl groups is 5. The maximum absolute atomic E-state index is 10.4. The number of carbonyl (C=O) groups excluding carboxylic acids is 1. The van der Waals surface area contributed by atoms with Gasteiger partial charge in [0.25, 0.3) is 0 Å². The standard InChI is InChI=1S/C8H16O7/c9-1-5(12)4-15-7(3-11)8(14)6(13)2-10/h3,5-10,12-14H,1-2,4H2/t5?,6-,7+,8+/m1/s1. The Balaban J connectivity index is 4.06. The van der Waals surface area contributed by atoms with E-state index in [1.54, 1.807) is 0 Å². The van der Waals surface area contributed by atoms with Crippen LogP contribution in [0.25, 0.3) is 0 Å². The molecule has 0 aromatic rings. The first kappa shape index (κ1) is 14.4. The molecule has 7 nitrogen and oxygen atoms in total. The number of carbonyl (C=O) groups is 1. The molecule has 0 radical (unpaired) electrons. The Morgan fingerprint density at radius 3 is 2.13 bits per heavy atom. The van der Waals surface area contributed by atoms with Crippen molar-refractivity contribution in [2.24, 2.45) is 0 Å². The molecule has 15 heavy (non-hydrogen) atoms. The molecule has 0 spiro atoms. The van der Waals surface area contributed by atoms with Gasteiger partial charge >= 0.3 is 0 Å². The first-order valence-electron chi connectivity index (χ1n) is 4.39. The Labute approximate surface area is 86.5 Å². The van der Waals surface area contributed by atoms with E-state index in [1.165, 1.54) is 0 Å². The highest BCUT2D eigenvalue weighted by molar-refractivity contribution is 5.57. The Bertz CT molecular complexity index is 174. The molecule has 1 unspecified atom stereocenters. The molecule has 0 aromatic heterocycles. The van der Waals surface area contributed by atoms with Crippen LogP contribution >= 0.6 is 0 Å². The second-order valence-corrected chi connectivity index (χ2v) is 3.01. The summed E-state index contributed by atoms with van der Waals surface area (Å²) in [5.74, 6) is 0. The van der Waals surface area contributed by atoms with Gasteiger partial charge in [-0.3, -0.25) is 0 Å². The molecule has 4 atom stereocenters. The van der Waals surface area contributed by atoms with Crippen molar-refractivity contribution in [3.8, 4) is 0 Å². The van der Waals surface area contributed by atoms with Gasteiger partial charge in [0.05, 0.1) is 19.8 Å². The summed E-state index contributed by atoms with van der Waals surface area (Å²) in [5.41, 5.74) is 0. The summed E-state index contributed by atoms with van der Waals surface area (Å²) >= 11 is 0. The van der Waals surface area contributed by atoms with E-state index in [0.717, 1.165) is 0 Å². The minimum atomic E-state index is -1.57. The lowest BCUT2D eigenvalue weighted by Crippen LogP contribution is -2.43. The second-order valence-electron chi connectivity index (χ2n) is 3.01. The molecule has 5 N–H and O–H groups in total. The number of hydrogen-bond donors (Lipinski definition) is 5. The maximum Gasteiger partial charge on any atom is 0.151 e. The van der Waals surface area contributed by atoms with Gasteiger partial charge in [-0.1, -0.05) is 0 Å². The van der Waals surface area contributed by atoms with Crippen LogP contribution < -0.4 is 0 Å². The lowest BCUT2D eigenvalue weighted by atomic mass is 10.1. The van der Waals surface area contributed by atoms with Crippen molar-refractivity contribution in [2.75, 3.05) is 19.8 Å². The van der Waals surface area contributed by atoms with Gasteiger partial charge in [-0.15, -0.1) is 0 Å². The van der Waals surface area contributed by atoms with E-state index >= 15 is 0 Å². The topological polar surface area (TPSA) is 127 Å². The van der Waals surface area contributed by atoms with E-state index in [9.17, 15) is 9.90 Å². The fourth-order valence-electron chi connectivity index (χ4n) is 0.820. The normalized spacial score (nSPS) is 19.3. The summed E-state index contributed by atoms with van der Waals surface area (Å²) in [5, 5.41) is 44.1. The molecular formula is C8H16O7. The van der Waals surface area contributed by atoms with E-state index < -0.39 is 37.6 Å². The van der Waals surface area contributed by atoms with E-state index in [4.69, 9.17) is 25.2 Å². The second kappa shape index (κ2) is 7.69. The van der Waals surface area contributed by atoms with Crippen LogP contribution in [0.5, 0.6) is 0 Å². The Morgan fingerprint density at radius 2 is 1.73 bits per heavy atom. The first-order chi connectivity index (χ1) is 7.06. The molecule has 7 heteroatoms. The Kier molecular flexibility index (Phi) is 7.39. The van der Waals surface area contributed by atoms with Gasteiger partial charge in [0.15, 0.2) is 6.29 Å². The number of rotatable bonds is 8. The minimum absolute atomic E-state index is 0.244. The van der Waals surface area contributed by atoms with E-state index in [-0.39, 0.29) is 12.9 Å². The van der Waals surface area contributed by atoms with E-state index in [1.807, 2.05) is 0 Å². The summed E-state index contributed by atoms with van der Waals surface area (Å²) in [7, 11) is 0. The van der Waals surface area contributed by atoms with Crippen molar-refractivity contribution in [1.29, 1.82) is 0 Å². The van der Waals surface area contributed by atoms with Crippen molar-refractivity contribution in [2.45, 2.75) is 24.4 Å². The number of hydrogen-bond acceptors (Lipinski definition) is 7. The molecule has 90 valence electrons. The molecule has 0 saturated heterocycles. The van der Waals surface area contributed by atoms with Gasteiger partial charge in [-0.2, -0.15) is 0 Å². The summed E-state index contributed by atoms with van der Waals surface area (Å²) in [4.78, 5) is 10.4. The molecule has 0 aliphatic carbocycles. The van der Waals surface area contributed by atoms with Crippen LogP contribution in [0.3, 0.4) is 0 Å². The molecule has 0 aliphatic rings. The molecule has 0 bridgehead atoms. The predicted molar refractivity (Wildman–Crippen MR) is 48.0 cm³/mol. The third-order valence-electron chi connectivity index (χ3n) is 1.74. The molecule has 0 amide bonds. The highest BCUT2D eigenvalue weighted by Crippen LogP contribution is 2.03. The van der Waals surface area contributed by atoms with Gasteiger partial charge < -0.3 is 35.1 Å². The van der Waals surface area contributed by atoms with E-state index in [0.29, 0.717) is 0 Å². The van der Waals surface area contributed by atoms with Crippen molar-refractivity contribution < 1.29 is 35.1 Å². The summed E-state index contributed by atoms with van der Waals surface area (Å²) in [6.45, 7) is -1.60. The molecular weight excluding hydrogens is 208 g/mol. The monoisotopic (exact) mass is 224 g/mol. The van der Waals surface area contributed by atoms with Crippen LogP contribution in [0.1, 0.15) is 0 Å². The largest absolute Gasteiger partial charge is 0.394 e. The lowest BCUT2D eigenvalue weighted by molar-refractivity contribution is -0.141. The van der Waals surface area contributed by atoms with Gasteiger partial charge in [0.1, 0.15) is 24.4 Å². The van der Waals surface area contributed by atoms with Crippen LogP contribution in [0, 0.1) is 0 Å². The van der Waals surface area contributed by atoms with Gasteiger partial charge in [-0.25, -0.2) is 0 Å². The third kappa shape index (κ3) is 5.17. The fourth-order valence-corrected chi connectivity index (χ4v) is 0.820. The summed E-state index contributed by atoms with van der Waals surface area (Å²) in [6, 6.07) is 0. The minimum Gasteiger partial charge on any atom is -0.394 e. The summed E-state index contributed by atoms with van der Waals surface area (Å²) < 4.78 is 4.73. The van der Waals surface area contributed by atoms with Crippen molar-refractivity contribution in [3.05, 3.63) is 0 Å². The zero-order chi connectivity index (χ0) is 11.8. The number of aldehydes is 1. The highest BCUT2D eigenvalue weighted by atomic mass is 16.5. The van der Waals surface area contributed by atoms with Gasteiger partial charge in [0, 0.05) is 0 Å². The predicted octanol–water partition coefficient (Wildman–Crippen LogP) is -3.36. The van der Waals surface area contributed by atoms with Crippen molar-refractivity contribution >= 4 is 6.29 Å². The van der Waals surface area contributed by atoms with Crippen LogP contribution in [-0.2, 0) is 9.53 Å². The van der Waals surface area contributed by atoms with Gasteiger partial charge in [-0.05, 0) is 0 Å². The average molecular weight is 224 g/mol.